The van der Waals surface area contributed by atoms with Crippen LogP contribution in [-0.2, 0) is 11.3 Å². The second kappa shape index (κ2) is 9.18. The smallest absolute Gasteiger partial charge is 0.221 e. The van der Waals surface area contributed by atoms with E-state index in [-0.39, 0.29) is 5.91 Å². The van der Waals surface area contributed by atoms with Crippen LogP contribution in [0.4, 0.5) is 11.4 Å². The molecule has 0 unspecified atom stereocenters. The lowest BCUT2D eigenvalue weighted by Gasteiger charge is -2.15. The average Bonchev–Trinajstić information content (AvgIpc) is 2.57. The van der Waals surface area contributed by atoms with E-state index in [1.807, 2.05) is 44.2 Å². The highest BCUT2D eigenvalue weighted by atomic mass is 35.5. The lowest BCUT2D eigenvalue weighted by molar-refractivity contribution is -0.114. The Balaban J connectivity index is 2.09. The fourth-order valence-electron chi connectivity index (χ4n) is 2.32. The Kier molecular flexibility index (Phi) is 6.95. The van der Waals surface area contributed by atoms with E-state index in [0.29, 0.717) is 36.3 Å². The molecular weight excluding hydrogens is 340 g/mol. The van der Waals surface area contributed by atoms with Crippen molar-refractivity contribution in [2.75, 3.05) is 23.8 Å². The van der Waals surface area contributed by atoms with Crippen LogP contribution in [-0.4, -0.2) is 19.1 Å². The zero-order chi connectivity index (χ0) is 18.2. The third-order valence-corrected chi connectivity index (χ3v) is 3.75. The number of halogens is 1. The monoisotopic (exact) mass is 362 g/mol. The first-order valence-corrected chi connectivity index (χ1v) is 8.60. The number of hydrogen-bond donors (Lipinski definition) is 2. The second-order valence-corrected chi connectivity index (χ2v) is 5.78. The predicted molar refractivity (Wildman–Crippen MR) is 102 cm³/mol. The maximum atomic E-state index is 11.0. The fourth-order valence-corrected chi connectivity index (χ4v) is 2.54. The second-order valence-electron chi connectivity index (χ2n) is 5.37. The summed E-state index contributed by atoms with van der Waals surface area (Å²) < 4.78 is 11.2. The quantitative estimate of drug-likeness (QED) is 0.714. The van der Waals surface area contributed by atoms with Gasteiger partial charge in [-0.3, -0.25) is 4.79 Å². The average molecular weight is 363 g/mol. The highest BCUT2D eigenvalue weighted by Crippen LogP contribution is 2.34. The highest BCUT2D eigenvalue weighted by Gasteiger charge is 2.11. The molecule has 0 spiro atoms. The number of amides is 1. The van der Waals surface area contributed by atoms with E-state index in [1.165, 1.54) is 6.92 Å². The largest absolute Gasteiger partial charge is 0.490 e. The minimum atomic E-state index is -0.0923. The SMILES string of the molecule is CCOc1cc(Cl)c(CNc2ccc(NC(C)=O)cc2)cc1OCC. The van der Waals surface area contributed by atoms with Crippen molar-refractivity contribution < 1.29 is 14.3 Å². The van der Waals surface area contributed by atoms with Crippen LogP contribution >= 0.6 is 11.6 Å². The van der Waals surface area contributed by atoms with Crippen molar-refractivity contribution >= 4 is 28.9 Å². The molecule has 0 aliphatic carbocycles. The molecule has 0 aromatic heterocycles. The molecule has 5 nitrogen and oxygen atoms in total. The Morgan fingerprint density at radius 1 is 1.00 bits per heavy atom. The van der Waals surface area contributed by atoms with E-state index in [2.05, 4.69) is 10.6 Å². The standard InChI is InChI=1S/C19H23ClN2O3/c1-4-24-18-10-14(17(20)11-19(18)25-5-2)12-21-15-6-8-16(9-7-15)22-13(3)23/h6-11,21H,4-5,12H2,1-3H3,(H,22,23). The molecule has 2 aromatic rings. The Hall–Kier alpha value is -2.40. The number of hydrogen-bond acceptors (Lipinski definition) is 4. The van der Waals surface area contributed by atoms with E-state index in [9.17, 15) is 4.79 Å². The number of carbonyl (C=O) groups is 1. The van der Waals surface area contributed by atoms with E-state index in [1.54, 1.807) is 6.07 Å². The zero-order valence-electron chi connectivity index (χ0n) is 14.7. The summed E-state index contributed by atoms with van der Waals surface area (Å²) in [5, 5.41) is 6.67. The van der Waals surface area contributed by atoms with Gasteiger partial charge in [0.15, 0.2) is 11.5 Å². The third-order valence-electron chi connectivity index (χ3n) is 3.40. The van der Waals surface area contributed by atoms with E-state index >= 15 is 0 Å². The van der Waals surface area contributed by atoms with Crippen molar-refractivity contribution in [1.29, 1.82) is 0 Å². The molecule has 0 aliphatic heterocycles. The molecule has 2 rings (SSSR count). The molecular formula is C19H23ClN2O3. The predicted octanol–water partition coefficient (Wildman–Crippen LogP) is 4.71. The Morgan fingerprint density at radius 3 is 2.12 bits per heavy atom. The van der Waals surface area contributed by atoms with Gasteiger partial charge in [0.05, 0.1) is 13.2 Å². The van der Waals surface area contributed by atoms with Gasteiger partial charge in [0.25, 0.3) is 0 Å². The van der Waals surface area contributed by atoms with Crippen LogP contribution in [0.25, 0.3) is 0 Å². The molecule has 0 bridgehead atoms. The van der Waals surface area contributed by atoms with Crippen LogP contribution in [0.15, 0.2) is 36.4 Å². The van der Waals surface area contributed by atoms with Crippen LogP contribution in [0, 0.1) is 0 Å². The highest BCUT2D eigenvalue weighted by molar-refractivity contribution is 6.31. The molecule has 0 atom stereocenters. The first kappa shape index (κ1) is 18.9. The maximum absolute atomic E-state index is 11.0. The van der Waals surface area contributed by atoms with Crippen LogP contribution in [0.2, 0.25) is 5.02 Å². The van der Waals surface area contributed by atoms with Gasteiger partial charge in [-0.15, -0.1) is 0 Å². The van der Waals surface area contributed by atoms with Crippen LogP contribution in [0.5, 0.6) is 11.5 Å². The van der Waals surface area contributed by atoms with Crippen molar-refractivity contribution in [1.82, 2.24) is 0 Å². The van der Waals surface area contributed by atoms with Gasteiger partial charge in [-0.1, -0.05) is 11.6 Å². The summed E-state index contributed by atoms with van der Waals surface area (Å²) in [5.41, 5.74) is 2.60. The van der Waals surface area contributed by atoms with Crippen molar-refractivity contribution in [2.45, 2.75) is 27.3 Å². The molecule has 2 N–H and O–H groups in total. The third kappa shape index (κ3) is 5.57. The first-order valence-electron chi connectivity index (χ1n) is 8.23. The van der Waals surface area contributed by atoms with Crippen molar-refractivity contribution in [3.05, 3.63) is 47.0 Å². The number of rotatable bonds is 8. The first-order chi connectivity index (χ1) is 12.0. The topological polar surface area (TPSA) is 59.6 Å². The fraction of sp³-hybridized carbons (Fsp3) is 0.316. The molecule has 0 fully saturated rings. The van der Waals surface area contributed by atoms with Gasteiger partial charge in [0.1, 0.15) is 0 Å². The van der Waals surface area contributed by atoms with Gasteiger partial charge >= 0.3 is 0 Å². The lowest BCUT2D eigenvalue weighted by atomic mass is 10.2. The summed E-state index contributed by atoms with van der Waals surface area (Å²) in [6, 6.07) is 11.2. The van der Waals surface area contributed by atoms with E-state index in [4.69, 9.17) is 21.1 Å². The van der Waals surface area contributed by atoms with Crippen molar-refractivity contribution in [3.63, 3.8) is 0 Å². The molecule has 0 saturated carbocycles. The molecule has 0 saturated heterocycles. The van der Waals surface area contributed by atoms with E-state index in [0.717, 1.165) is 16.9 Å². The molecule has 0 aliphatic rings. The summed E-state index contributed by atoms with van der Waals surface area (Å²) in [5.74, 6) is 1.25. The Morgan fingerprint density at radius 2 is 1.56 bits per heavy atom. The summed E-state index contributed by atoms with van der Waals surface area (Å²) >= 11 is 6.36. The lowest BCUT2D eigenvalue weighted by Crippen LogP contribution is -2.06. The maximum Gasteiger partial charge on any atom is 0.221 e. The summed E-state index contributed by atoms with van der Waals surface area (Å²) in [7, 11) is 0. The number of carbonyl (C=O) groups excluding carboxylic acids is 1. The minimum absolute atomic E-state index is 0.0923. The van der Waals surface area contributed by atoms with Gasteiger partial charge in [0, 0.05) is 35.9 Å². The van der Waals surface area contributed by atoms with Gasteiger partial charge in [-0.25, -0.2) is 0 Å². The number of benzene rings is 2. The summed E-state index contributed by atoms with van der Waals surface area (Å²) in [6.45, 7) is 6.98. The molecule has 0 radical (unpaired) electrons. The molecule has 1 amide bonds. The van der Waals surface area contributed by atoms with Gasteiger partial charge in [-0.05, 0) is 49.7 Å². The van der Waals surface area contributed by atoms with Crippen molar-refractivity contribution in [2.24, 2.45) is 0 Å². The zero-order valence-corrected chi connectivity index (χ0v) is 15.4. The summed E-state index contributed by atoms with van der Waals surface area (Å²) in [6.07, 6.45) is 0. The van der Waals surface area contributed by atoms with Crippen molar-refractivity contribution in [3.8, 4) is 11.5 Å². The van der Waals surface area contributed by atoms with Crippen LogP contribution < -0.4 is 20.1 Å². The number of anilines is 2. The molecule has 134 valence electrons. The van der Waals surface area contributed by atoms with E-state index < -0.39 is 0 Å². The molecule has 2 aromatic carbocycles. The Bertz CT molecular complexity index is 717. The number of ether oxygens (including phenoxy) is 2. The Labute approximate surface area is 153 Å². The molecule has 6 heteroatoms. The summed E-state index contributed by atoms with van der Waals surface area (Å²) in [4.78, 5) is 11.0. The minimum Gasteiger partial charge on any atom is -0.490 e. The normalized spacial score (nSPS) is 10.2. The van der Waals surface area contributed by atoms with Gasteiger partial charge in [-0.2, -0.15) is 0 Å². The molecule has 25 heavy (non-hydrogen) atoms. The van der Waals surface area contributed by atoms with Crippen LogP contribution in [0.1, 0.15) is 26.3 Å². The van der Waals surface area contributed by atoms with Gasteiger partial charge < -0.3 is 20.1 Å². The molecule has 0 heterocycles. The number of nitrogens with one attached hydrogen (secondary N) is 2. The van der Waals surface area contributed by atoms with Crippen LogP contribution in [0.3, 0.4) is 0 Å². The van der Waals surface area contributed by atoms with Gasteiger partial charge in [0.2, 0.25) is 5.91 Å².